The lowest BCUT2D eigenvalue weighted by molar-refractivity contribution is -0.384. The van der Waals surface area contributed by atoms with Crippen LogP contribution in [0.1, 0.15) is 10.4 Å². The third kappa shape index (κ3) is 2.45. The summed E-state index contributed by atoms with van der Waals surface area (Å²) in [7, 11) is 0. The van der Waals surface area contributed by atoms with Crippen molar-refractivity contribution in [2.45, 2.75) is 4.90 Å². The lowest BCUT2D eigenvalue weighted by Crippen LogP contribution is -2.00. The third-order valence-electron chi connectivity index (χ3n) is 1.56. The largest absolute Gasteiger partial charge is 0.478 e. The quantitative estimate of drug-likeness (QED) is 0.363. The van der Waals surface area contributed by atoms with Crippen LogP contribution in [0.2, 0.25) is 0 Å². The summed E-state index contributed by atoms with van der Waals surface area (Å²) in [5, 5.41) is 29.2. The third-order valence-corrected chi connectivity index (χ3v) is 2.23. The summed E-state index contributed by atoms with van der Waals surface area (Å²) in [4.78, 5) is 20.6. The highest BCUT2D eigenvalue weighted by molar-refractivity contribution is 8.03. The van der Waals surface area contributed by atoms with Crippen molar-refractivity contribution in [2.75, 3.05) is 0 Å². The van der Waals surface area contributed by atoms with E-state index in [1.54, 1.807) is 5.40 Å². The number of non-ortho nitro benzene ring substituents is 1. The molecular formula is C8H4N2O4S. The maximum atomic E-state index is 10.7. The number of carboxylic acids is 1. The minimum absolute atomic E-state index is 0.190. The summed E-state index contributed by atoms with van der Waals surface area (Å²) < 4.78 is 0. The Balaban J connectivity index is 3.28. The molecule has 0 aliphatic rings. The molecule has 1 rings (SSSR count). The average molecular weight is 224 g/mol. The molecule has 0 saturated carbocycles. The van der Waals surface area contributed by atoms with E-state index in [0.717, 1.165) is 12.1 Å². The molecule has 1 aromatic carbocycles. The van der Waals surface area contributed by atoms with E-state index in [9.17, 15) is 14.9 Å². The van der Waals surface area contributed by atoms with E-state index in [1.165, 1.54) is 6.07 Å². The van der Waals surface area contributed by atoms with E-state index in [1.807, 2.05) is 0 Å². The molecule has 1 N–H and O–H groups in total. The molecule has 1 aromatic rings. The number of nitro groups is 1. The first kappa shape index (κ1) is 11.0. The van der Waals surface area contributed by atoms with E-state index in [-0.39, 0.29) is 16.1 Å². The first-order valence-electron chi connectivity index (χ1n) is 3.64. The van der Waals surface area contributed by atoms with Crippen molar-refractivity contribution in [3.8, 4) is 5.40 Å². The predicted molar refractivity (Wildman–Crippen MR) is 51.5 cm³/mol. The fraction of sp³-hybridized carbons (Fsp3) is 0. The Morgan fingerprint density at radius 2 is 2.27 bits per heavy atom. The molecule has 0 spiro atoms. The second kappa shape index (κ2) is 4.43. The molecule has 0 aromatic heterocycles. The van der Waals surface area contributed by atoms with Gasteiger partial charge in [0, 0.05) is 17.0 Å². The smallest absolute Gasteiger partial charge is 0.337 e. The molecule has 0 unspecified atom stereocenters. The number of nitro benzene ring substituents is 1. The molecule has 0 heterocycles. The molecule has 0 amide bonds. The van der Waals surface area contributed by atoms with Crippen molar-refractivity contribution in [2.24, 2.45) is 0 Å². The average Bonchev–Trinajstić information content (AvgIpc) is 2.18. The molecule has 0 aliphatic carbocycles. The summed E-state index contributed by atoms with van der Waals surface area (Å²) >= 11 is 0.653. The summed E-state index contributed by atoms with van der Waals surface area (Å²) in [6.45, 7) is 0. The zero-order valence-corrected chi connectivity index (χ0v) is 8.02. The Labute approximate surface area is 88.3 Å². The number of rotatable bonds is 3. The standard InChI is InChI=1S/C8H4N2O4S/c9-4-15-7-2-1-5(10(13)14)3-6(7)8(11)12/h1-3H,(H,11,12). The lowest BCUT2D eigenvalue weighted by Gasteiger charge is -2.00. The Hall–Kier alpha value is -2.07. The fourth-order valence-corrected chi connectivity index (χ4v) is 1.43. The van der Waals surface area contributed by atoms with Crippen LogP contribution in [-0.2, 0) is 0 Å². The maximum Gasteiger partial charge on any atom is 0.337 e. The molecule has 0 saturated heterocycles. The molecule has 76 valence electrons. The number of thiocyanates is 1. The first-order valence-corrected chi connectivity index (χ1v) is 4.45. The van der Waals surface area contributed by atoms with Gasteiger partial charge in [0.1, 0.15) is 5.40 Å². The highest BCUT2D eigenvalue weighted by atomic mass is 32.2. The van der Waals surface area contributed by atoms with Gasteiger partial charge in [0.2, 0.25) is 0 Å². The molecule has 0 bridgehead atoms. The van der Waals surface area contributed by atoms with Gasteiger partial charge in [-0.1, -0.05) is 0 Å². The van der Waals surface area contributed by atoms with Gasteiger partial charge in [-0.15, -0.1) is 0 Å². The van der Waals surface area contributed by atoms with E-state index < -0.39 is 10.9 Å². The van der Waals surface area contributed by atoms with E-state index >= 15 is 0 Å². The fourth-order valence-electron chi connectivity index (χ4n) is 0.937. The van der Waals surface area contributed by atoms with Gasteiger partial charge in [-0.2, -0.15) is 5.26 Å². The molecule has 0 fully saturated rings. The Morgan fingerprint density at radius 1 is 1.60 bits per heavy atom. The second-order valence-electron chi connectivity index (χ2n) is 2.44. The van der Waals surface area contributed by atoms with Crippen LogP contribution < -0.4 is 0 Å². The summed E-state index contributed by atoms with van der Waals surface area (Å²) in [6, 6.07) is 3.34. The zero-order chi connectivity index (χ0) is 11.4. The monoisotopic (exact) mass is 224 g/mol. The predicted octanol–water partition coefficient (Wildman–Crippen LogP) is 1.87. The van der Waals surface area contributed by atoms with Crippen molar-refractivity contribution in [1.29, 1.82) is 5.26 Å². The van der Waals surface area contributed by atoms with Crippen molar-refractivity contribution in [3.05, 3.63) is 33.9 Å². The number of benzene rings is 1. The Kier molecular flexibility index (Phi) is 3.25. The molecule has 0 atom stereocenters. The van der Waals surface area contributed by atoms with Crippen molar-refractivity contribution in [3.63, 3.8) is 0 Å². The van der Waals surface area contributed by atoms with Crippen LogP contribution >= 0.6 is 11.8 Å². The topological polar surface area (TPSA) is 104 Å². The van der Waals surface area contributed by atoms with Crippen molar-refractivity contribution in [1.82, 2.24) is 0 Å². The minimum Gasteiger partial charge on any atom is -0.478 e. The van der Waals surface area contributed by atoms with Gasteiger partial charge in [0.25, 0.3) is 5.69 Å². The van der Waals surface area contributed by atoms with Gasteiger partial charge < -0.3 is 5.11 Å². The van der Waals surface area contributed by atoms with Crippen LogP contribution in [0.5, 0.6) is 0 Å². The van der Waals surface area contributed by atoms with Gasteiger partial charge in [-0.25, -0.2) is 4.79 Å². The molecule has 0 radical (unpaired) electrons. The van der Waals surface area contributed by atoms with Crippen molar-refractivity contribution >= 4 is 23.4 Å². The lowest BCUT2D eigenvalue weighted by atomic mass is 10.2. The van der Waals surface area contributed by atoms with Crippen LogP contribution in [-0.4, -0.2) is 16.0 Å². The van der Waals surface area contributed by atoms with Crippen LogP contribution in [0.25, 0.3) is 0 Å². The number of carbonyl (C=O) groups is 1. The Bertz CT molecular complexity index is 466. The molecule has 6 nitrogen and oxygen atoms in total. The number of carboxylic acid groups (broad SMARTS) is 1. The van der Waals surface area contributed by atoms with E-state index in [4.69, 9.17) is 10.4 Å². The van der Waals surface area contributed by atoms with Crippen LogP contribution in [0.4, 0.5) is 5.69 Å². The summed E-state index contributed by atoms with van der Waals surface area (Å²) in [5.41, 5.74) is -0.551. The molecule has 0 aliphatic heterocycles. The first-order chi connectivity index (χ1) is 7.06. The molecule has 15 heavy (non-hydrogen) atoms. The van der Waals surface area contributed by atoms with Gasteiger partial charge >= 0.3 is 5.97 Å². The van der Waals surface area contributed by atoms with Crippen LogP contribution in [0, 0.1) is 20.8 Å². The number of nitriles is 1. The zero-order valence-electron chi connectivity index (χ0n) is 7.21. The molecule has 7 heteroatoms. The molecular weight excluding hydrogens is 220 g/mol. The van der Waals surface area contributed by atoms with E-state index in [0.29, 0.717) is 11.8 Å². The summed E-state index contributed by atoms with van der Waals surface area (Å²) in [6.07, 6.45) is 0. The van der Waals surface area contributed by atoms with Crippen LogP contribution in [0.3, 0.4) is 0 Å². The maximum absolute atomic E-state index is 10.7. The number of thioether (sulfide) groups is 1. The van der Waals surface area contributed by atoms with Gasteiger partial charge in [-0.05, 0) is 17.8 Å². The summed E-state index contributed by atoms with van der Waals surface area (Å²) in [5.74, 6) is -1.29. The SMILES string of the molecule is N#CSc1ccc([N+](=O)[O-])cc1C(=O)O. The van der Waals surface area contributed by atoms with Crippen LogP contribution in [0.15, 0.2) is 23.1 Å². The van der Waals surface area contributed by atoms with Gasteiger partial charge in [0.05, 0.1) is 10.5 Å². The van der Waals surface area contributed by atoms with Gasteiger partial charge in [-0.3, -0.25) is 10.1 Å². The van der Waals surface area contributed by atoms with E-state index in [2.05, 4.69) is 0 Å². The normalized spacial score (nSPS) is 9.27. The van der Waals surface area contributed by atoms with Gasteiger partial charge in [0.15, 0.2) is 0 Å². The second-order valence-corrected chi connectivity index (χ2v) is 3.26. The number of nitrogens with zero attached hydrogens (tertiary/aromatic N) is 2. The Morgan fingerprint density at radius 3 is 2.73 bits per heavy atom. The number of hydrogen-bond donors (Lipinski definition) is 1. The number of aromatic carboxylic acids is 1. The highest BCUT2D eigenvalue weighted by Crippen LogP contribution is 2.25. The minimum atomic E-state index is -1.29. The number of hydrogen-bond acceptors (Lipinski definition) is 5. The van der Waals surface area contributed by atoms with Crippen molar-refractivity contribution < 1.29 is 14.8 Å². The highest BCUT2D eigenvalue weighted by Gasteiger charge is 2.16.